The highest BCUT2D eigenvalue weighted by Crippen LogP contribution is 2.27. The van der Waals surface area contributed by atoms with Gasteiger partial charge in [0.2, 0.25) is 0 Å². The van der Waals surface area contributed by atoms with Gasteiger partial charge in [-0.05, 0) is 40.9 Å². The van der Waals surface area contributed by atoms with Crippen LogP contribution < -0.4 is 5.32 Å². The summed E-state index contributed by atoms with van der Waals surface area (Å²) in [6.45, 7) is 3.59. The van der Waals surface area contributed by atoms with E-state index < -0.39 is 0 Å². The molecule has 1 fully saturated rings. The number of ether oxygens (including phenoxy) is 1. The lowest BCUT2D eigenvalue weighted by Crippen LogP contribution is -2.44. The molecule has 1 N–H and O–H groups in total. The maximum absolute atomic E-state index is 12.5. The first-order valence-corrected chi connectivity index (χ1v) is 8.42. The Morgan fingerprint density at radius 3 is 3.05 bits per heavy atom. The van der Waals surface area contributed by atoms with Crippen molar-refractivity contribution in [1.29, 1.82) is 0 Å². The van der Waals surface area contributed by atoms with Crippen LogP contribution in [-0.2, 0) is 4.74 Å². The van der Waals surface area contributed by atoms with E-state index in [1.165, 1.54) is 0 Å². The minimum Gasteiger partial charge on any atom is -0.370 e. The van der Waals surface area contributed by atoms with Crippen LogP contribution in [0, 0.1) is 6.92 Å². The molecule has 4 nitrogen and oxygen atoms in total. The molecule has 0 aliphatic carbocycles. The van der Waals surface area contributed by atoms with Crippen LogP contribution in [-0.4, -0.2) is 30.6 Å². The molecule has 2 heterocycles. The monoisotopic (exact) mass is 336 g/mol. The van der Waals surface area contributed by atoms with Crippen LogP contribution in [0.3, 0.4) is 0 Å². The first kappa shape index (κ1) is 15.3. The number of hydrogen-bond acceptors (Lipinski definition) is 3. The second-order valence-electron chi connectivity index (χ2n) is 5.22. The number of benzene rings is 1. The van der Waals surface area contributed by atoms with Gasteiger partial charge in [0, 0.05) is 6.54 Å². The number of carbonyl (C=O) groups is 1. The molecule has 0 spiro atoms. The van der Waals surface area contributed by atoms with E-state index in [0.29, 0.717) is 30.4 Å². The summed E-state index contributed by atoms with van der Waals surface area (Å²) < 4.78 is 5.76. The number of thiophene rings is 1. The summed E-state index contributed by atoms with van der Waals surface area (Å²) in [4.78, 5) is 14.3. The SMILES string of the molecule is Cc1cccc(Cl)c1NC(=O)N1CCO[C@H](c2ccsc2)C1. The Bertz CT molecular complexity index is 640. The van der Waals surface area contributed by atoms with E-state index in [-0.39, 0.29) is 12.1 Å². The van der Waals surface area contributed by atoms with E-state index in [9.17, 15) is 4.79 Å². The van der Waals surface area contributed by atoms with Gasteiger partial charge >= 0.3 is 6.03 Å². The number of para-hydroxylation sites is 1. The van der Waals surface area contributed by atoms with Crippen molar-refractivity contribution in [3.05, 3.63) is 51.2 Å². The smallest absolute Gasteiger partial charge is 0.322 e. The first-order valence-electron chi connectivity index (χ1n) is 7.10. The molecule has 0 bridgehead atoms. The van der Waals surface area contributed by atoms with Crippen LogP contribution in [0.4, 0.5) is 10.5 Å². The topological polar surface area (TPSA) is 41.6 Å². The maximum atomic E-state index is 12.5. The maximum Gasteiger partial charge on any atom is 0.322 e. The van der Waals surface area contributed by atoms with Crippen molar-refractivity contribution in [2.24, 2.45) is 0 Å². The van der Waals surface area contributed by atoms with Crippen LogP contribution in [0.1, 0.15) is 17.2 Å². The number of urea groups is 1. The van der Waals surface area contributed by atoms with Gasteiger partial charge in [-0.1, -0.05) is 23.7 Å². The highest BCUT2D eigenvalue weighted by Gasteiger charge is 2.26. The molecule has 1 aromatic heterocycles. The van der Waals surface area contributed by atoms with Gasteiger partial charge in [0.25, 0.3) is 0 Å². The summed E-state index contributed by atoms with van der Waals surface area (Å²) in [6.07, 6.45) is -0.0573. The Balaban J connectivity index is 1.70. The highest BCUT2D eigenvalue weighted by molar-refractivity contribution is 7.07. The Hall–Kier alpha value is -1.56. The second kappa shape index (κ2) is 6.69. The summed E-state index contributed by atoms with van der Waals surface area (Å²) in [5.74, 6) is 0. The molecule has 1 saturated heterocycles. The van der Waals surface area contributed by atoms with Gasteiger partial charge in [-0.25, -0.2) is 4.79 Å². The molecular formula is C16H17ClN2O2S. The number of carbonyl (C=O) groups excluding carboxylic acids is 1. The molecule has 1 aromatic carbocycles. The zero-order valence-corrected chi connectivity index (χ0v) is 13.8. The van der Waals surface area contributed by atoms with Crippen LogP contribution in [0.5, 0.6) is 0 Å². The van der Waals surface area contributed by atoms with Gasteiger partial charge in [-0.2, -0.15) is 11.3 Å². The minimum absolute atomic E-state index is 0.0573. The fourth-order valence-electron chi connectivity index (χ4n) is 2.47. The molecule has 0 unspecified atom stereocenters. The van der Waals surface area contributed by atoms with E-state index in [1.54, 1.807) is 22.3 Å². The summed E-state index contributed by atoms with van der Waals surface area (Å²) >= 11 is 7.80. The number of halogens is 1. The zero-order chi connectivity index (χ0) is 15.5. The quantitative estimate of drug-likeness (QED) is 0.887. The van der Waals surface area contributed by atoms with Crippen LogP contribution in [0.15, 0.2) is 35.0 Å². The van der Waals surface area contributed by atoms with Crippen molar-refractivity contribution in [2.45, 2.75) is 13.0 Å². The number of aryl methyl sites for hydroxylation is 1. The lowest BCUT2D eigenvalue weighted by Gasteiger charge is -2.33. The molecule has 22 heavy (non-hydrogen) atoms. The van der Waals surface area contributed by atoms with Gasteiger partial charge in [-0.3, -0.25) is 0 Å². The lowest BCUT2D eigenvalue weighted by atomic mass is 10.1. The van der Waals surface area contributed by atoms with Gasteiger partial charge < -0.3 is 15.0 Å². The summed E-state index contributed by atoms with van der Waals surface area (Å²) in [7, 11) is 0. The minimum atomic E-state index is -0.139. The lowest BCUT2D eigenvalue weighted by molar-refractivity contribution is -0.0132. The predicted molar refractivity (Wildman–Crippen MR) is 89.8 cm³/mol. The van der Waals surface area contributed by atoms with Crippen molar-refractivity contribution >= 4 is 34.7 Å². The molecule has 6 heteroatoms. The number of rotatable bonds is 2. The Kier molecular flexibility index (Phi) is 4.66. The first-order chi connectivity index (χ1) is 10.6. The normalized spacial score (nSPS) is 18.3. The standard InChI is InChI=1S/C16H17ClN2O2S/c1-11-3-2-4-13(17)15(11)18-16(20)19-6-7-21-14(9-19)12-5-8-22-10-12/h2-5,8,10,14H,6-7,9H2,1H3,(H,18,20)/t14-/m0/s1. The number of anilines is 1. The largest absolute Gasteiger partial charge is 0.370 e. The van der Waals surface area contributed by atoms with Crippen molar-refractivity contribution in [2.75, 3.05) is 25.0 Å². The van der Waals surface area contributed by atoms with Crippen molar-refractivity contribution in [3.63, 3.8) is 0 Å². The van der Waals surface area contributed by atoms with Crippen molar-refractivity contribution in [3.8, 4) is 0 Å². The number of nitrogens with one attached hydrogen (secondary N) is 1. The second-order valence-corrected chi connectivity index (χ2v) is 6.41. The van der Waals surface area contributed by atoms with Gasteiger partial charge in [-0.15, -0.1) is 0 Å². The Morgan fingerprint density at radius 1 is 1.45 bits per heavy atom. The van der Waals surface area contributed by atoms with Crippen LogP contribution >= 0.6 is 22.9 Å². The zero-order valence-electron chi connectivity index (χ0n) is 12.2. The molecule has 3 rings (SSSR count). The third-order valence-electron chi connectivity index (χ3n) is 3.72. The average Bonchev–Trinajstić information content (AvgIpc) is 3.05. The molecule has 1 aliphatic rings. The third kappa shape index (κ3) is 3.27. The summed E-state index contributed by atoms with van der Waals surface area (Å²) in [6, 6.07) is 7.47. The summed E-state index contributed by atoms with van der Waals surface area (Å²) in [5.41, 5.74) is 2.74. The summed E-state index contributed by atoms with van der Waals surface area (Å²) in [5, 5.41) is 7.55. The number of nitrogens with zero attached hydrogens (tertiary/aromatic N) is 1. The predicted octanol–water partition coefficient (Wildman–Crippen LogP) is 4.32. The molecule has 1 aliphatic heterocycles. The fourth-order valence-corrected chi connectivity index (χ4v) is 3.44. The van der Waals surface area contributed by atoms with Crippen LogP contribution in [0.25, 0.3) is 0 Å². The number of amides is 2. The number of morpholine rings is 1. The van der Waals surface area contributed by atoms with Crippen molar-refractivity contribution in [1.82, 2.24) is 4.90 Å². The van der Waals surface area contributed by atoms with E-state index in [0.717, 1.165) is 11.1 Å². The third-order valence-corrected chi connectivity index (χ3v) is 4.74. The van der Waals surface area contributed by atoms with E-state index in [2.05, 4.69) is 10.7 Å². The van der Waals surface area contributed by atoms with Crippen LogP contribution in [0.2, 0.25) is 5.02 Å². The van der Waals surface area contributed by atoms with Gasteiger partial charge in [0.15, 0.2) is 0 Å². The number of hydrogen-bond donors (Lipinski definition) is 1. The fraction of sp³-hybridized carbons (Fsp3) is 0.312. The molecule has 0 radical (unpaired) electrons. The molecule has 1 atom stereocenters. The molecule has 116 valence electrons. The van der Waals surface area contributed by atoms with Gasteiger partial charge in [0.05, 0.1) is 23.9 Å². The van der Waals surface area contributed by atoms with Crippen molar-refractivity contribution < 1.29 is 9.53 Å². The Labute approximate surface area is 138 Å². The highest BCUT2D eigenvalue weighted by atomic mass is 35.5. The van der Waals surface area contributed by atoms with E-state index in [1.807, 2.05) is 30.5 Å². The Morgan fingerprint density at radius 2 is 2.32 bits per heavy atom. The van der Waals surface area contributed by atoms with E-state index >= 15 is 0 Å². The molecule has 2 aromatic rings. The van der Waals surface area contributed by atoms with Gasteiger partial charge in [0.1, 0.15) is 6.10 Å². The average molecular weight is 337 g/mol. The molecular weight excluding hydrogens is 320 g/mol. The van der Waals surface area contributed by atoms with E-state index in [4.69, 9.17) is 16.3 Å². The molecule has 2 amide bonds. The molecule has 0 saturated carbocycles.